The number of hydrogen-bond acceptors (Lipinski definition) is 7. The number of hydrogen-bond donors (Lipinski definition) is 2. The van der Waals surface area contributed by atoms with Gasteiger partial charge in [-0.3, -0.25) is 0 Å². The summed E-state index contributed by atoms with van der Waals surface area (Å²) in [5.41, 5.74) is 3.10. The predicted octanol–water partition coefficient (Wildman–Crippen LogP) is 3.68. The normalized spacial score (nSPS) is 10.8. The van der Waals surface area contributed by atoms with Crippen molar-refractivity contribution >= 4 is 22.7 Å². The molecule has 0 bridgehead atoms. The number of anilines is 2. The van der Waals surface area contributed by atoms with E-state index in [1.807, 2.05) is 41.1 Å². The van der Waals surface area contributed by atoms with E-state index in [-0.39, 0.29) is 6.61 Å². The minimum absolute atomic E-state index is 0.0581. The predicted molar refractivity (Wildman–Crippen MR) is 114 cm³/mol. The fourth-order valence-corrected chi connectivity index (χ4v) is 3.33. The van der Waals surface area contributed by atoms with Crippen molar-refractivity contribution in [2.75, 3.05) is 26.6 Å². The van der Waals surface area contributed by atoms with E-state index in [0.29, 0.717) is 28.9 Å². The van der Waals surface area contributed by atoms with Crippen LogP contribution in [0.2, 0.25) is 0 Å². The van der Waals surface area contributed by atoms with Gasteiger partial charge in [-0.25, -0.2) is 4.98 Å². The molecule has 30 heavy (non-hydrogen) atoms. The zero-order valence-electron chi connectivity index (χ0n) is 16.9. The Morgan fingerprint density at radius 3 is 2.40 bits per heavy atom. The number of rotatable bonds is 7. The molecule has 2 N–H and O–H groups in total. The highest BCUT2D eigenvalue weighted by Crippen LogP contribution is 2.40. The van der Waals surface area contributed by atoms with Crippen molar-refractivity contribution < 1.29 is 19.3 Å². The van der Waals surface area contributed by atoms with E-state index in [9.17, 15) is 5.11 Å². The maximum Gasteiger partial charge on any atom is 0.229 e. The molecular weight excluding hydrogens is 384 g/mol. The van der Waals surface area contributed by atoms with Gasteiger partial charge in [-0.2, -0.15) is 4.98 Å². The topological polar surface area (TPSA) is 90.7 Å². The first-order valence-corrected chi connectivity index (χ1v) is 9.28. The first-order valence-electron chi connectivity index (χ1n) is 9.28. The van der Waals surface area contributed by atoms with Crippen LogP contribution >= 0.6 is 0 Å². The second kappa shape index (κ2) is 8.30. The number of ether oxygens (including phenoxy) is 3. The third-order valence-corrected chi connectivity index (χ3v) is 4.77. The number of nitrogens with one attached hydrogen (secondary N) is 1. The third kappa shape index (κ3) is 3.48. The zero-order valence-corrected chi connectivity index (χ0v) is 16.9. The van der Waals surface area contributed by atoms with E-state index < -0.39 is 0 Å². The molecular formula is C22H22N4O4. The van der Waals surface area contributed by atoms with E-state index in [1.165, 1.54) is 0 Å². The van der Waals surface area contributed by atoms with E-state index >= 15 is 0 Å². The zero-order chi connectivity index (χ0) is 21.1. The summed E-state index contributed by atoms with van der Waals surface area (Å²) in [6.45, 7) is -0.0581. The Labute approximate surface area is 173 Å². The molecule has 0 radical (unpaired) electrons. The smallest absolute Gasteiger partial charge is 0.229 e. The quantitative estimate of drug-likeness (QED) is 0.484. The van der Waals surface area contributed by atoms with E-state index in [4.69, 9.17) is 14.2 Å². The van der Waals surface area contributed by atoms with Gasteiger partial charge in [-0.1, -0.05) is 18.2 Å². The maximum absolute atomic E-state index is 9.69. The molecule has 0 aliphatic heterocycles. The van der Waals surface area contributed by atoms with Crippen LogP contribution in [0.25, 0.3) is 16.7 Å². The summed E-state index contributed by atoms with van der Waals surface area (Å²) in [4.78, 5) is 9.09. The van der Waals surface area contributed by atoms with E-state index in [2.05, 4.69) is 15.3 Å². The first-order chi connectivity index (χ1) is 14.7. The standard InChI is InChI=1S/C22H22N4O4/c1-28-18-10-16(11-19(29-2)20(18)30-3)24-22-23-12-14-8-9-26(21(14)25-22)17-7-5-4-6-15(17)13-27/h4-12,27H,13H2,1-3H3,(H,23,24,25). The maximum atomic E-state index is 9.69. The number of para-hydroxylation sites is 1. The minimum Gasteiger partial charge on any atom is -0.493 e. The molecule has 0 fully saturated rings. The molecule has 0 saturated carbocycles. The van der Waals surface area contributed by atoms with Crippen molar-refractivity contribution in [2.24, 2.45) is 0 Å². The Kier molecular flexibility index (Phi) is 5.40. The lowest BCUT2D eigenvalue weighted by Crippen LogP contribution is -2.03. The molecule has 2 aromatic carbocycles. The lowest BCUT2D eigenvalue weighted by Gasteiger charge is -2.15. The van der Waals surface area contributed by atoms with Crippen molar-refractivity contribution in [3.05, 3.63) is 60.4 Å². The molecule has 0 aliphatic carbocycles. The van der Waals surface area contributed by atoms with E-state index in [0.717, 1.165) is 22.3 Å². The van der Waals surface area contributed by atoms with Crippen LogP contribution in [0.5, 0.6) is 17.2 Å². The van der Waals surface area contributed by atoms with Gasteiger partial charge in [0.25, 0.3) is 0 Å². The molecule has 8 nitrogen and oxygen atoms in total. The molecule has 0 amide bonds. The van der Waals surface area contributed by atoms with Crippen molar-refractivity contribution in [1.29, 1.82) is 0 Å². The van der Waals surface area contributed by atoms with Gasteiger partial charge in [0.2, 0.25) is 11.7 Å². The van der Waals surface area contributed by atoms with Crippen molar-refractivity contribution in [2.45, 2.75) is 6.61 Å². The number of methoxy groups -OCH3 is 3. The van der Waals surface area contributed by atoms with Gasteiger partial charge in [-0.15, -0.1) is 0 Å². The molecule has 0 aliphatic rings. The fourth-order valence-electron chi connectivity index (χ4n) is 3.33. The largest absolute Gasteiger partial charge is 0.493 e. The number of aromatic nitrogens is 3. The summed E-state index contributed by atoms with van der Waals surface area (Å²) in [5, 5.41) is 13.8. The van der Waals surface area contributed by atoms with Crippen LogP contribution in [0.1, 0.15) is 5.56 Å². The summed E-state index contributed by atoms with van der Waals surface area (Å²) in [7, 11) is 4.69. The molecule has 0 spiro atoms. The second-order valence-corrected chi connectivity index (χ2v) is 6.48. The van der Waals surface area contributed by atoms with Gasteiger partial charge in [0.05, 0.1) is 33.6 Å². The van der Waals surface area contributed by atoms with Crippen molar-refractivity contribution in [1.82, 2.24) is 14.5 Å². The monoisotopic (exact) mass is 406 g/mol. The number of benzene rings is 2. The average molecular weight is 406 g/mol. The highest BCUT2D eigenvalue weighted by atomic mass is 16.5. The molecule has 4 aromatic rings. The Hall–Kier alpha value is -3.78. The highest BCUT2D eigenvalue weighted by molar-refractivity contribution is 5.79. The van der Waals surface area contributed by atoms with Gasteiger partial charge in [0, 0.05) is 41.2 Å². The molecule has 0 atom stereocenters. The number of fused-ring (bicyclic) bond motifs is 1. The molecule has 2 aromatic heterocycles. The lowest BCUT2D eigenvalue weighted by molar-refractivity contribution is 0.281. The molecule has 8 heteroatoms. The first kappa shape index (κ1) is 19.5. The summed E-state index contributed by atoms with van der Waals surface area (Å²) in [6.07, 6.45) is 3.66. The number of nitrogens with zero attached hydrogens (tertiary/aromatic N) is 3. The second-order valence-electron chi connectivity index (χ2n) is 6.48. The summed E-state index contributed by atoms with van der Waals surface area (Å²) < 4.78 is 18.1. The van der Waals surface area contributed by atoms with E-state index in [1.54, 1.807) is 39.7 Å². The van der Waals surface area contributed by atoms with Gasteiger partial charge < -0.3 is 29.2 Å². The molecule has 0 saturated heterocycles. The van der Waals surface area contributed by atoms with Crippen LogP contribution in [0.15, 0.2) is 54.9 Å². The Morgan fingerprint density at radius 2 is 1.73 bits per heavy atom. The van der Waals surface area contributed by atoms with Crippen molar-refractivity contribution in [3.8, 4) is 22.9 Å². The van der Waals surface area contributed by atoms with Crippen LogP contribution in [-0.2, 0) is 6.61 Å². The highest BCUT2D eigenvalue weighted by Gasteiger charge is 2.15. The SMILES string of the molecule is COc1cc(Nc2ncc3ccn(-c4ccccc4CO)c3n2)cc(OC)c1OC. The Morgan fingerprint density at radius 1 is 1.00 bits per heavy atom. The van der Waals surface area contributed by atoms with Crippen molar-refractivity contribution in [3.63, 3.8) is 0 Å². The summed E-state index contributed by atoms with van der Waals surface area (Å²) in [6, 6.07) is 13.2. The summed E-state index contributed by atoms with van der Waals surface area (Å²) >= 11 is 0. The number of aliphatic hydroxyl groups excluding tert-OH is 1. The summed E-state index contributed by atoms with van der Waals surface area (Å²) in [5.74, 6) is 1.98. The van der Waals surface area contributed by atoms with Crippen LogP contribution in [0, 0.1) is 0 Å². The number of aliphatic hydroxyl groups is 1. The van der Waals surface area contributed by atoms with Gasteiger partial charge >= 0.3 is 0 Å². The van der Waals surface area contributed by atoms with Crippen LogP contribution < -0.4 is 19.5 Å². The Balaban J connectivity index is 1.75. The molecule has 0 unspecified atom stereocenters. The third-order valence-electron chi connectivity index (χ3n) is 4.77. The van der Waals surface area contributed by atoms with Gasteiger partial charge in [0.1, 0.15) is 5.65 Å². The van der Waals surface area contributed by atoms with Crippen LogP contribution in [0.3, 0.4) is 0 Å². The lowest BCUT2D eigenvalue weighted by atomic mass is 10.2. The van der Waals surface area contributed by atoms with Crippen LogP contribution in [0.4, 0.5) is 11.6 Å². The molecule has 4 rings (SSSR count). The Bertz CT molecular complexity index is 1160. The van der Waals surface area contributed by atoms with Gasteiger partial charge in [-0.05, 0) is 12.1 Å². The molecule has 2 heterocycles. The van der Waals surface area contributed by atoms with Crippen LogP contribution in [-0.4, -0.2) is 41.0 Å². The molecule has 154 valence electrons. The minimum atomic E-state index is -0.0581. The van der Waals surface area contributed by atoms with Gasteiger partial charge in [0.15, 0.2) is 11.5 Å². The average Bonchev–Trinajstić information content (AvgIpc) is 3.21. The fraction of sp³-hybridized carbons (Fsp3) is 0.182.